The minimum Gasteiger partial charge on any atom is -0.324 e. The molecule has 2 amide bonds. The van der Waals surface area contributed by atoms with E-state index in [0.29, 0.717) is 12.2 Å². The first-order chi connectivity index (χ1) is 11.3. The Morgan fingerprint density at radius 3 is 2.33 bits per heavy atom. The zero-order chi connectivity index (χ0) is 17.6. The molecule has 0 bridgehead atoms. The fourth-order valence-electron chi connectivity index (χ4n) is 2.15. The van der Waals surface area contributed by atoms with Crippen molar-refractivity contribution in [3.63, 3.8) is 0 Å². The van der Waals surface area contributed by atoms with Crippen molar-refractivity contribution in [1.82, 2.24) is 5.06 Å². The van der Waals surface area contributed by atoms with Gasteiger partial charge in [-0.2, -0.15) is 0 Å². The summed E-state index contributed by atoms with van der Waals surface area (Å²) >= 11 is 6.01. The van der Waals surface area contributed by atoms with Gasteiger partial charge >= 0.3 is 5.97 Å². The van der Waals surface area contributed by atoms with Crippen molar-refractivity contribution < 1.29 is 23.6 Å². The zero-order valence-corrected chi connectivity index (χ0v) is 18.0. The maximum absolute atomic E-state index is 13.8. The van der Waals surface area contributed by atoms with Crippen LogP contribution in [0.4, 0.5) is 4.39 Å². The summed E-state index contributed by atoms with van der Waals surface area (Å²) in [6, 6.07) is 7.25. The molecule has 5 nitrogen and oxygen atoms in total. The van der Waals surface area contributed by atoms with E-state index >= 15 is 0 Å². The number of carbonyl (C=O) groups excluding carboxylic acids is 3. The van der Waals surface area contributed by atoms with Gasteiger partial charge in [0.15, 0.2) is 0 Å². The van der Waals surface area contributed by atoms with Crippen molar-refractivity contribution in [3.05, 3.63) is 63.5 Å². The second kappa shape index (κ2) is 6.82. The first-order valence-electron chi connectivity index (χ1n) is 6.36. The number of benzene rings is 2. The molecule has 9 heteroatoms. The summed E-state index contributed by atoms with van der Waals surface area (Å²) < 4.78 is 15.9. The summed E-state index contributed by atoms with van der Waals surface area (Å²) in [5, 5.41) is 0.308. The fourth-order valence-corrected chi connectivity index (χ4v) is 4.47. The zero-order valence-electron chi connectivity index (χ0n) is 11.5. The first-order valence-corrected chi connectivity index (χ1v) is 9.59. The van der Waals surface area contributed by atoms with Crippen LogP contribution in [0.3, 0.4) is 0 Å². The Morgan fingerprint density at radius 2 is 1.67 bits per heavy atom. The van der Waals surface area contributed by atoms with Crippen LogP contribution in [0, 0.1) is 16.5 Å². The molecule has 0 unspecified atom stereocenters. The average molecular weight is 663 g/mol. The third-order valence-corrected chi connectivity index (χ3v) is 7.20. The molecule has 0 spiro atoms. The van der Waals surface area contributed by atoms with Crippen molar-refractivity contribution in [2.45, 2.75) is 0 Å². The molecule has 0 aliphatic carbocycles. The lowest BCUT2D eigenvalue weighted by atomic mass is 10.1. The summed E-state index contributed by atoms with van der Waals surface area (Å²) in [4.78, 5) is 41.9. The third-order valence-electron chi connectivity index (χ3n) is 3.25. The van der Waals surface area contributed by atoms with Gasteiger partial charge in [0.05, 0.1) is 16.7 Å². The molecule has 0 radical (unpaired) electrons. The minimum absolute atomic E-state index is 0.125. The van der Waals surface area contributed by atoms with Gasteiger partial charge in [0.25, 0.3) is 11.8 Å². The van der Waals surface area contributed by atoms with E-state index in [-0.39, 0.29) is 16.7 Å². The van der Waals surface area contributed by atoms with Crippen molar-refractivity contribution in [3.8, 4) is 0 Å². The molecule has 2 aromatic carbocycles. The Bertz CT molecular complexity index is 916. The van der Waals surface area contributed by atoms with Crippen LogP contribution in [-0.4, -0.2) is 22.8 Å². The molecule has 0 saturated carbocycles. The summed E-state index contributed by atoms with van der Waals surface area (Å²) in [5.74, 6) is -3.53. The standard InChI is InChI=1S/C15H5FI3NO4/c16-7-3-1-2-6-10(7)14(22)20(13(6)21)24-15(23)11-8(17)4-5-9(18)12(11)19/h1-5H. The highest BCUT2D eigenvalue weighted by Gasteiger charge is 2.41. The van der Waals surface area contributed by atoms with Crippen molar-refractivity contribution >= 4 is 85.6 Å². The summed E-state index contributed by atoms with van der Waals surface area (Å²) in [6.07, 6.45) is 0. The largest absolute Gasteiger partial charge is 0.366 e. The average Bonchev–Trinajstić information content (AvgIpc) is 2.77. The van der Waals surface area contributed by atoms with E-state index in [1.165, 1.54) is 12.1 Å². The highest BCUT2D eigenvalue weighted by atomic mass is 127. The van der Waals surface area contributed by atoms with Gasteiger partial charge in [0.1, 0.15) is 5.82 Å². The summed E-state index contributed by atoms with van der Waals surface area (Å²) in [6.45, 7) is 0. The van der Waals surface area contributed by atoms with Crippen molar-refractivity contribution in [2.75, 3.05) is 0 Å². The van der Waals surface area contributed by atoms with Gasteiger partial charge in [-0.25, -0.2) is 9.18 Å². The van der Waals surface area contributed by atoms with Crippen LogP contribution in [0.25, 0.3) is 0 Å². The molecule has 122 valence electrons. The second-order valence-corrected chi connectivity index (χ2v) is 8.07. The third kappa shape index (κ3) is 2.94. The number of nitrogens with zero attached hydrogens (tertiary/aromatic N) is 1. The number of halogens is 4. The monoisotopic (exact) mass is 663 g/mol. The van der Waals surface area contributed by atoms with Crippen molar-refractivity contribution in [2.24, 2.45) is 0 Å². The molecule has 0 atom stereocenters. The minimum atomic E-state index is -0.989. The van der Waals surface area contributed by atoms with E-state index in [4.69, 9.17) is 4.84 Å². The molecule has 0 saturated heterocycles. The van der Waals surface area contributed by atoms with Crippen molar-refractivity contribution in [1.29, 1.82) is 0 Å². The van der Waals surface area contributed by atoms with Crippen LogP contribution >= 0.6 is 67.8 Å². The highest BCUT2D eigenvalue weighted by Crippen LogP contribution is 2.28. The lowest BCUT2D eigenvalue weighted by Crippen LogP contribution is -2.33. The topological polar surface area (TPSA) is 63.7 Å². The number of rotatable bonds is 2. The van der Waals surface area contributed by atoms with Crippen LogP contribution in [0.1, 0.15) is 31.1 Å². The van der Waals surface area contributed by atoms with Crippen LogP contribution in [0.5, 0.6) is 0 Å². The quantitative estimate of drug-likeness (QED) is 0.277. The molecule has 24 heavy (non-hydrogen) atoms. The van der Waals surface area contributed by atoms with E-state index in [1.807, 2.05) is 51.2 Å². The second-order valence-electron chi connectivity index (χ2n) is 4.66. The molecular weight excluding hydrogens is 658 g/mol. The van der Waals surface area contributed by atoms with Gasteiger partial charge in [0, 0.05) is 10.7 Å². The van der Waals surface area contributed by atoms with E-state index in [0.717, 1.165) is 9.64 Å². The summed E-state index contributed by atoms with van der Waals surface area (Å²) in [7, 11) is 0. The Labute approximate surface area is 176 Å². The molecular formula is C15H5FI3NO4. The molecule has 3 rings (SSSR count). The smallest absolute Gasteiger partial charge is 0.324 e. The number of carbonyl (C=O) groups is 3. The van der Waals surface area contributed by atoms with Gasteiger partial charge < -0.3 is 4.84 Å². The number of amides is 2. The predicted octanol–water partition coefficient (Wildman–Crippen LogP) is 4.01. The maximum atomic E-state index is 13.8. The molecule has 1 heterocycles. The van der Waals surface area contributed by atoms with Crippen LogP contribution in [0.15, 0.2) is 30.3 Å². The van der Waals surface area contributed by atoms with E-state index in [1.54, 1.807) is 6.07 Å². The van der Waals surface area contributed by atoms with E-state index in [9.17, 15) is 18.8 Å². The Morgan fingerprint density at radius 1 is 1.00 bits per heavy atom. The molecule has 2 aromatic rings. The molecule has 0 fully saturated rings. The Hall–Kier alpha value is -0.830. The molecule has 1 aliphatic rings. The number of fused-ring (bicyclic) bond motifs is 1. The highest BCUT2D eigenvalue weighted by molar-refractivity contribution is 14.1. The van der Waals surface area contributed by atoms with E-state index < -0.39 is 23.6 Å². The first kappa shape index (κ1) is 18.0. The van der Waals surface area contributed by atoms with Crippen LogP contribution in [0.2, 0.25) is 0 Å². The molecule has 0 N–H and O–H groups in total. The SMILES string of the molecule is O=C(ON1C(=O)c2cccc(F)c2C1=O)c1c(I)ccc(I)c1I. The molecule has 0 aromatic heterocycles. The van der Waals surface area contributed by atoms with Crippen LogP contribution in [-0.2, 0) is 4.84 Å². The normalized spacial score (nSPS) is 13.2. The number of hydroxylamine groups is 2. The maximum Gasteiger partial charge on any atom is 0.366 e. The van der Waals surface area contributed by atoms with Crippen LogP contribution < -0.4 is 0 Å². The summed E-state index contributed by atoms with van der Waals surface area (Å²) in [5.41, 5.74) is -0.262. The Balaban J connectivity index is 1.95. The number of imide groups is 1. The van der Waals surface area contributed by atoms with Gasteiger partial charge in [-0.05, 0) is 92.0 Å². The lowest BCUT2D eigenvalue weighted by Gasteiger charge is -2.14. The van der Waals surface area contributed by atoms with E-state index in [2.05, 4.69) is 22.6 Å². The van der Waals surface area contributed by atoms with Gasteiger partial charge in [-0.3, -0.25) is 9.59 Å². The Kier molecular flexibility index (Phi) is 5.11. The lowest BCUT2D eigenvalue weighted by molar-refractivity contribution is -0.0587. The number of hydrogen-bond donors (Lipinski definition) is 0. The van der Waals surface area contributed by atoms with Gasteiger partial charge in [0.2, 0.25) is 0 Å². The molecule has 1 aliphatic heterocycles. The predicted molar refractivity (Wildman–Crippen MR) is 107 cm³/mol. The number of hydrogen-bond acceptors (Lipinski definition) is 4. The fraction of sp³-hybridized carbons (Fsp3) is 0. The van der Waals surface area contributed by atoms with Gasteiger partial charge in [-0.1, -0.05) is 11.1 Å². The van der Waals surface area contributed by atoms with Gasteiger partial charge in [-0.15, -0.1) is 0 Å².